The van der Waals surface area contributed by atoms with E-state index in [4.69, 9.17) is 61.6 Å². The zero-order valence-electron chi connectivity index (χ0n) is 71.2. The average Bonchev–Trinajstić information content (AvgIpc) is 0.669. The molecule has 5 aliphatic carbocycles. The van der Waals surface area contributed by atoms with Crippen molar-refractivity contribution in [3.63, 3.8) is 0 Å². The number of ether oxygens (including phenoxy) is 13. The number of unbranched alkanes of at least 4 members (excludes halogenated alkanes) is 10. The molecule has 2 amide bonds. The fourth-order valence-corrected chi connectivity index (χ4v) is 22.2. The highest BCUT2D eigenvalue weighted by molar-refractivity contribution is 5.84. The molecule has 11 aliphatic rings. The second kappa shape index (κ2) is 40.5. The number of aliphatic hydroxyl groups is 16. The minimum Gasteiger partial charge on any atom is -0.480 e. The first-order chi connectivity index (χ1) is 57.2. The van der Waals surface area contributed by atoms with E-state index in [2.05, 4.69) is 58.3 Å². The number of aldehydes is 1. The lowest BCUT2D eigenvalue weighted by molar-refractivity contribution is -0.391. The van der Waals surface area contributed by atoms with Crippen LogP contribution in [0.3, 0.4) is 0 Å². The molecule has 0 aromatic rings. The lowest BCUT2D eigenvalue weighted by Crippen LogP contribution is -2.70. The van der Waals surface area contributed by atoms with E-state index >= 15 is 4.79 Å². The van der Waals surface area contributed by atoms with Crippen LogP contribution in [0.5, 0.6) is 0 Å². The Hall–Kier alpha value is -3.83. The van der Waals surface area contributed by atoms with Gasteiger partial charge in [-0.25, -0.2) is 4.79 Å². The van der Waals surface area contributed by atoms with Crippen LogP contribution in [0.25, 0.3) is 0 Å². The second-order valence-corrected chi connectivity index (χ2v) is 37.9. The Morgan fingerprint density at radius 2 is 1.11 bits per heavy atom. The molecule has 0 spiro atoms. The first-order valence-corrected chi connectivity index (χ1v) is 43.8. The largest absolute Gasteiger partial charge is 0.480 e. The summed E-state index contributed by atoms with van der Waals surface area (Å²) in [4.78, 5) is 71.2. The SMILES string of the molecule is CCCCCCCCCCCCCC(=O)N[C@@H](CCNC(=O)C1OC(O[C@H]2CC[C@@]3(C)C(CC[C@]4(C)C3CC=C3C5CC(C)(C)CC[C@]5(C(=O)OC5OC(C)C(O)C(O)C5OC5OC(C)C(O)C(OC)C5OC5OC(CO)C(O)C(O)C5O)[C@H](O)C[C@]34C)[C@]2(C)C=O)C(OC2OC(CO)C(O)C(O)C2O)C(OC2OCC(O)C(O)C2O)C1O)C(=O)O. The van der Waals surface area contributed by atoms with E-state index in [-0.39, 0.29) is 38.0 Å². The van der Waals surface area contributed by atoms with Crippen LogP contribution in [0, 0.1) is 50.2 Å². The predicted molar refractivity (Wildman–Crippen MR) is 417 cm³/mol. The minimum absolute atomic E-state index is 0.0291. The summed E-state index contributed by atoms with van der Waals surface area (Å²) in [5, 5.41) is 195. The van der Waals surface area contributed by atoms with Crippen LogP contribution < -0.4 is 10.6 Å². The third kappa shape index (κ3) is 19.6. The van der Waals surface area contributed by atoms with E-state index in [9.17, 15) is 106 Å². The Kier molecular flexibility index (Phi) is 32.7. The van der Waals surface area contributed by atoms with Crippen LogP contribution in [0.15, 0.2) is 11.6 Å². The van der Waals surface area contributed by atoms with E-state index < -0.39 is 291 Å². The third-order valence-corrected chi connectivity index (χ3v) is 29.8. The molecule has 6 aliphatic heterocycles. The van der Waals surface area contributed by atoms with Gasteiger partial charge < -0.3 is 164 Å². The topological polar surface area (TPSA) is 573 Å². The van der Waals surface area contributed by atoms with Gasteiger partial charge in [-0.05, 0) is 124 Å². The summed E-state index contributed by atoms with van der Waals surface area (Å²) >= 11 is 0. The number of aliphatic carboxylic acids is 1. The number of nitrogens with one attached hydrogen (secondary N) is 2. The van der Waals surface area contributed by atoms with Crippen molar-refractivity contribution in [2.75, 3.05) is 33.5 Å². The summed E-state index contributed by atoms with van der Waals surface area (Å²) in [5.74, 6) is -5.40. The molecule has 10 fully saturated rings. The summed E-state index contributed by atoms with van der Waals surface area (Å²) in [5.41, 5.74) is -5.00. The Morgan fingerprint density at radius 1 is 0.554 bits per heavy atom. The van der Waals surface area contributed by atoms with Crippen molar-refractivity contribution < 1.29 is 172 Å². The second-order valence-electron chi connectivity index (χ2n) is 37.9. The molecule has 40 atom stereocenters. The van der Waals surface area contributed by atoms with Crippen molar-refractivity contribution in [1.29, 1.82) is 0 Å². The molecule has 0 aromatic heterocycles. The molecule has 37 heteroatoms. The average molecular weight is 1740 g/mol. The standard InChI is InChI=1S/C84H138N2O35/c1-11-12-13-14-15-16-17-18-19-20-21-22-51(92)86-43(71(106)107)27-32-85-70(105)66-63(104)65(116-72-60(101)54(95)44(90)37-110-72)69(120-74-62(103)58(99)56(97)46(36-88)114-74)77(117-66)115-50-26-28-80(6)47(81(50,7)38-89)25-29-82(8)48(80)24-23-41-42-33-79(4,5)30-31-84(42,49(91)34-83(41,82)9)78(108)121-75-67(59(100)52(93)39(2)111-75)118-76-68(64(109-10)53(94)40(3)112-76)119-73-61(102)57(98)55(96)45(35-87)113-73/h23,38-40,42-50,52-69,72-77,87-88,90-91,93-104H,11-22,24-37H2,1-10H3,(H,85,105)(H,86,92)(H,106,107)/t39?,40?,42?,43-,44?,45?,46?,47?,48?,49+,50-,52?,53?,54?,55?,56?,57?,58?,59?,60?,61?,62?,63?,64?,65?,66?,67?,68?,69?,72?,73?,74?,75?,76?,77?,80-,81-,82+,83+,84+/m0/s1. The Morgan fingerprint density at radius 3 is 1.69 bits per heavy atom. The van der Waals surface area contributed by atoms with Gasteiger partial charge in [0, 0.05) is 20.1 Å². The molecular formula is C84H138N2O35. The van der Waals surface area contributed by atoms with E-state index in [0.717, 1.165) is 44.0 Å². The first kappa shape index (κ1) is 97.8. The van der Waals surface area contributed by atoms with Crippen molar-refractivity contribution >= 4 is 30.0 Å². The number of fused-ring (bicyclic) bond motifs is 7. The molecular weight excluding hydrogens is 1600 g/mol. The molecule has 6 heterocycles. The molecule has 694 valence electrons. The molecule has 121 heavy (non-hydrogen) atoms. The van der Waals surface area contributed by atoms with Crippen LogP contribution in [0.1, 0.15) is 204 Å². The Balaban J connectivity index is 0.853. The van der Waals surface area contributed by atoms with Crippen LogP contribution in [-0.2, 0) is 85.6 Å². The van der Waals surface area contributed by atoms with E-state index in [1.54, 1.807) is 6.92 Å². The lowest BCUT2D eigenvalue weighted by Gasteiger charge is -2.71. The van der Waals surface area contributed by atoms with Crippen molar-refractivity contribution in [3.8, 4) is 0 Å². The van der Waals surface area contributed by atoms with E-state index in [1.165, 1.54) is 53.1 Å². The quantitative estimate of drug-likeness (QED) is 0.0119. The van der Waals surface area contributed by atoms with Gasteiger partial charge in [0.1, 0.15) is 134 Å². The van der Waals surface area contributed by atoms with Crippen LogP contribution >= 0.6 is 0 Å². The number of rotatable bonds is 34. The highest BCUT2D eigenvalue weighted by Gasteiger charge is 2.73. The smallest absolute Gasteiger partial charge is 0.326 e. The molecule has 37 nitrogen and oxygen atoms in total. The molecule has 32 unspecified atom stereocenters. The maximum absolute atomic E-state index is 16.0. The fraction of sp³-hybridized carbons (Fsp3) is 0.917. The van der Waals surface area contributed by atoms with Crippen molar-refractivity contribution in [1.82, 2.24) is 10.6 Å². The highest BCUT2D eigenvalue weighted by atomic mass is 16.8. The molecule has 6 saturated heterocycles. The summed E-state index contributed by atoms with van der Waals surface area (Å²) in [7, 11) is 1.23. The van der Waals surface area contributed by atoms with E-state index in [0.29, 0.717) is 44.9 Å². The first-order valence-electron chi connectivity index (χ1n) is 43.8. The van der Waals surface area contributed by atoms with Gasteiger partial charge in [-0.2, -0.15) is 0 Å². The molecule has 4 saturated carbocycles. The van der Waals surface area contributed by atoms with Gasteiger partial charge in [-0.15, -0.1) is 0 Å². The zero-order valence-corrected chi connectivity index (χ0v) is 71.2. The number of aliphatic hydroxyl groups excluding tert-OH is 16. The van der Waals surface area contributed by atoms with Crippen molar-refractivity contribution in [3.05, 3.63) is 11.6 Å². The number of carboxylic acid groups (broad SMARTS) is 1. The number of carbonyl (C=O) groups is 5. The predicted octanol–water partition coefficient (Wildman–Crippen LogP) is -1.10. The Labute approximate surface area is 705 Å². The zero-order chi connectivity index (χ0) is 88.5. The van der Waals surface area contributed by atoms with Gasteiger partial charge in [-0.1, -0.05) is 124 Å². The van der Waals surface area contributed by atoms with Crippen LogP contribution in [0.4, 0.5) is 0 Å². The molecule has 0 radical (unpaired) electrons. The van der Waals surface area contributed by atoms with Gasteiger partial charge in [0.2, 0.25) is 12.2 Å². The lowest BCUT2D eigenvalue weighted by atomic mass is 9.33. The molecule has 19 N–H and O–H groups in total. The van der Waals surface area contributed by atoms with Gasteiger partial charge in [0.05, 0.1) is 49.7 Å². The minimum atomic E-state index is -2.23. The summed E-state index contributed by atoms with van der Waals surface area (Å²) in [6.45, 7) is 14.6. The summed E-state index contributed by atoms with van der Waals surface area (Å²) < 4.78 is 80.6. The van der Waals surface area contributed by atoms with Crippen molar-refractivity contribution in [2.45, 2.75) is 400 Å². The number of allylic oxidation sites excluding steroid dienone is 2. The summed E-state index contributed by atoms with van der Waals surface area (Å²) in [6.07, 6.45) is -38.0. The van der Waals surface area contributed by atoms with Gasteiger partial charge >= 0.3 is 11.9 Å². The van der Waals surface area contributed by atoms with Gasteiger partial charge in [0.25, 0.3) is 5.91 Å². The molecule has 11 rings (SSSR count). The van der Waals surface area contributed by atoms with Crippen molar-refractivity contribution in [2.24, 2.45) is 50.2 Å². The number of carboxylic acids is 1. The van der Waals surface area contributed by atoms with Gasteiger partial charge in [-0.3, -0.25) is 14.4 Å². The maximum atomic E-state index is 16.0. The molecule has 0 aromatic carbocycles. The number of hydrogen-bond acceptors (Lipinski definition) is 34. The monoisotopic (exact) mass is 1730 g/mol. The summed E-state index contributed by atoms with van der Waals surface area (Å²) in [6, 6.07) is -1.48. The van der Waals surface area contributed by atoms with E-state index in [1.807, 2.05) is 0 Å². The van der Waals surface area contributed by atoms with Crippen LogP contribution in [-0.4, -0.2) is 347 Å². The number of esters is 1. The maximum Gasteiger partial charge on any atom is 0.326 e. The fourth-order valence-electron chi connectivity index (χ4n) is 22.2. The van der Waals surface area contributed by atoms with Crippen LogP contribution in [0.2, 0.25) is 0 Å². The Bertz CT molecular complexity index is 3460. The number of amides is 2. The third-order valence-electron chi connectivity index (χ3n) is 29.8. The normalized spacial score (nSPS) is 46.9. The highest BCUT2D eigenvalue weighted by Crippen LogP contribution is 2.76. The number of hydrogen-bond donors (Lipinski definition) is 19. The molecule has 0 bridgehead atoms. The number of carbonyl (C=O) groups excluding carboxylic acids is 4. The van der Waals surface area contributed by atoms with Gasteiger partial charge in [0.15, 0.2) is 43.7 Å². The number of methoxy groups -OCH3 is 1.